The van der Waals surface area contributed by atoms with Crippen molar-refractivity contribution in [3.63, 3.8) is 0 Å². The molecule has 7 nitrogen and oxygen atoms in total. The Balaban J connectivity index is 2.33. The highest BCUT2D eigenvalue weighted by atomic mass is 79.9. The normalized spacial score (nSPS) is 12.3. The number of rotatable bonds is 7. The zero-order chi connectivity index (χ0) is 19.3. The van der Waals surface area contributed by atoms with E-state index in [9.17, 15) is 9.59 Å². The van der Waals surface area contributed by atoms with Gasteiger partial charge in [-0.1, -0.05) is 32.9 Å². The largest absolute Gasteiger partial charge is 0.323 e. The molecule has 8 heteroatoms. The minimum Gasteiger partial charge on any atom is -0.323 e. The van der Waals surface area contributed by atoms with Crippen LogP contribution in [-0.2, 0) is 11.3 Å². The smallest absolute Gasteiger partial charge is 0.291 e. The van der Waals surface area contributed by atoms with Gasteiger partial charge < -0.3 is 10.7 Å². The summed E-state index contributed by atoms with van der Waals surface area (Å²) >= 11 is 3.37. The fourth-order valence-corrected chi connectivity index (χ4v) is 2.83. The van der Waals surface area contributed by atoms with Crippen LogP contribution < -0.4 is 10.9 Å². The maximum atomic E-state index is 12.6. The summed E-state index contributed by atoms with van der Waals surface area (Å²) < 4.78 is 3.68. The highest BCUT2D eigenvalue weighted by Crippen LogP contribution is 2.18. The van der Waals surface area contributed by atoms with E-state index in [0.29, 0.717) is 17.0 Å². The average Bonchev–Trinajstić information content (AvgIpc) is 2.98. The SMILES string of the molecule is CC/C=C\C=C(/C=N)NC(=O)Cn1nc(C(C)C)n2cc(Br)cc2c1=O. The number of allylic oxidation sites excluding steroid dienone is 4. The number of hydrogen-bond acceptors (Lipinski definition) is 4. The molecule has 0 bridgehead atoms. The van der Waals surface area contributed by atoms with Gasteiger partial charge in [-0.3, -0.25) is 14.0 Å². The lowest BCUT2D eigenvalue weighted by atomic mass is 10.2. The number of fused-ring (bicyclic) bond motifs is 1. The van der Waals surface area contributed by atoms with Crippen molar-refractivity contribution in [3.8, 4) is 0 Å². The second-order valence-electron chi connectivity index (χ2n) is 6.04. The van der Waals surface area contributed by atoms with E-state index in [1.807, 2.05) is 26.8 Å². The summed E-state index contributed by atoms with van der Waals surface area (Å²) in [6.07, 6.45) is 9.03. The lowest BCUT2D eigenvalue weighted by molar-refractivity contribution is -0.121. The van der Waals surface area contributed by atoms with E-state index in [0.717, 1.165) is 21.8 Å². The number of halogens is 1. The highest BCUT2D eigenvalue weighted by molar-refractivity contribution is 9.10. The van der Waals surface area contributed by atoms with E-state index in [-0.39, 0.29) is 18.0 Å². The number of nitrogens with one attached hydrogen (secondary N) is 2. The zero-order valence-electron chi connectivity index (χ0n) is 15.0. The third-order valence-electron chi connectivity index (χ3n) is 3.61. The number of nitrogens with zero attached hydrogens (tertiary/aromatic N) is 3. The van der Waals surface area contributed by atoms with Crippen molar-refractivity contribution in [1.82, 2.24) is 19.5 Å². The van der Waals surface area contributed by atoms with E-state index in [1.165, 1.54) is 0 Å². The van der Waals surface area contributed by atoms with Gasteiger partial charge in [-0.2, -0.15) is 5.10 Å². The predicted molar refractivity (Wildman–Crippen MR) is 106 cm³/mol. The van der Waals surface area contributed by atoms with E-state index < -0.39 is 5.91 Å². The van der Waals surface area contributed by atoms with Crippen LogP contribution in [0.3, 0.4) is 0 Å². The molecule has 0 spiro atoms. The van der Waals surface area contributed by atoms with Gasteiger partial charge in [0.1, 0.15) is 17.9 Å². The van der Waals surface area contributed by atoms with Crippen LogP contribution in [0.4, 0.5) is 0 Å². The molecule has 26 heavy (non-hydrogen) atoms. The van der Waals surface area contributed by atoms with Crippen molar-refractivity contribution in [2.75, 3.05) is 0 Å². The summed E-state index contributed by atoms with van der Waals surface area (Å²) in [5.41, 5.74) is 0.460. The van der Waals surface area contributed by atoms with Gasteiger partial charge in [0.25, 0.3) is 5.56 Å². The molecule has 0 aliphatic heterocycles. The van der Waals surface area contributed by atoms with E-state index in [2.05, 4.69) is 26.3 Å². The Morgan fingerprint density at radius 1 is 1.46 bits per heavy atom. The Morgan fingerprint density at radius 2 is 2.19 bits per heavy atom. The molecule has 0 aliphatic carbocycles. The van der Waals surface area contributed by atoms with E-state index >= 15 is 0 Å². The average molecular weight is 420 g/mol. The molecule has 0 aromatic carbocycles. The Kier molecular flexibility index (Phi) is 6.68. The molecule has 2 aromatic rings. The Bertz CT molecular complexity index is 937. The Hall–Kier alpha value is -2.48. The van der Waals surface area contributed by atoms with Crippen LogP contribution >= 0.6 is 15.9 Å². The predicted octanol–water partition coefficient (Wildman–Crippen LogP) is 3.00. The first-order valence-electron chi connectivity index (χ1n) is 8.33. The van der Waals surface area contributed by atoms with Crippen molar-refractivity contribution in [3.05, 3.63) is 56.8 Å². The van der Waals surface area contributed by atoms with Gasteiger partial charge in [0.2, 0.25) is 5.91 Å². The van der Waals surface area contributed by atoms with Crippen LogP contribution in [0, 0.1) is 5.41 Å². The zero-order valence-corrected chi connectivity index (χ0v) is 16.6. The second-order valence-corrected chi connectivity index (χ2v) is 6.96. The monoisotopic (exact) mass is 419 g/mol. The molecule has 2 N–H and O–H groups in total. The molecule has 2 heterocycles. The lowest BCUT2D eigenvalue weighted by Gasteiger charge is -2.12. The number of hydrogen-bond donors (Lipinski definition) is 2. The standard InChI is InChI=1S/C18H22BrN5O2/c1-4-5-6-7-14(9-20)21-16(25)11-24-18(26)15-8-13(19)10-23(15)17(22-24)12(2)3/h5-10,12,20H,4,11H2,1-3H3,(H,21,25)/b6-5-,14-7+,20-9?. The summed E-state index contributed by atoms with van der Waals surface area (Å²) in [5.74, 6) is 0.346. The summed E-state index contributed by atoms with van der Waals surface area (Å²) in [5, 5.41) is 14.3. The molecule has 0 unspecified atom stereocenters. The highest BCUT2D eigenvalue weighted by Gasteiger charge is 2.16. The fraction of sp³-hybridized carbons (Fsp3) is 0.333. The van der Waals surface area contributed by atoms with E-state index in [1.54, 1.807) is 28.8 Å². The maximum Gasteiger partial charge on any atom is 0.291 e. The molecule has 0 saturated carbocycles. The van der Waals surface area contributed by atoms with Gasteiger partial charge in [-0.15, -0.1) is 0 Å². The first-order valence-corrected chi connectivity index (χ1v) is 9.12. The quantitative estimate of drug-likeness (QED) is 0.533. The van der Waals surface area contributed by atoms with Gasteiger partial charge in [0.15, 0.2) is 0 Å². The fourth-order valence-electron chi connectivity index (χ4n) is 2.41. The van der Waals surface area contributed by atoms with E-state index in [4.69, 9.17) is 5.41 Å². The first kappa shape index (κ1) is 19.8. The van der Waals surface area contributed by atoms with Crippen LogP contribution in [0.1, 0.15) is 38.9 Å². The second kappa shape index (κ2) is 8.75. The molecule has 2 aromatic heterocycles. The van der Waals surface area contributed by atoms with Crippen LogP contribution in [0.15, 0.2) is 45.5 Å². The van der Waals surface area contributed by atoms with Crippen LogP contribution in [0.25, 0.3) is 5.52 Å². The Labute approximate surface area is 160 Å². The molecule has 0 radical (unpaired) electrons. The van der Waals surface area contributed by atoms with Crippen LogP contribution in [0.5, 0.6) is 0 Å². The molecule has 0 fully saturated rings. The molecular formula is C18H22BrN5O2. The summed E-state index contributed by atoms with van der Waals surface area (Å²) in [6.45, 7) is 5.72. The van der Waals surface area contributed by atoms with Crippen molar-refractivity contribution in [1.29, 1.82) is 5.41 Å². The maximum absolute atomic E-state index is 12.6. The molecule has 138 valence electrons. The molecule has 2 rings (SSSR count). The molecular weight excluding hydrogens is 398 g/mol. The van der Waals surface area contributed by atoms with Crippen molar-refractivity contribution >= 4 is 33.6 Å². The third-order valence-corrected chi connectivity index (χ3v) is 4.04. The van der Waals surface area contributed by atoms with Crippen LogP contribution in [-0.4, -0.2) is 26.3 Å². The van der Waals surface area contributed by atoms with Gasteiger partial charge in [-0.25, -0.2) is 4.68 Å². The number of aromatic nitrogens is 3. The molecule has 0 aliphatic rings. The van der Waals surface area contributed by atoms with Crippen molar-refractivity contribution in [2.24, 2.45) is 0 Å². The minimum atomic E-state index is -0.413. The topological polar surface area (TPSA) is 92.2 Å². The number of carbonyl (C=O) groups is 1. The summed E-state index contributed by atoms with van der Waals surface area (Å²) in [4.78, 5) is 24.9. The summed E-state index contributed by atoms with van der Waals surface area (Å²) in [7, 11) is 0. The molecule has 0 atom stereocenters. The van der Waals surface area contributed by atoms with Gasteiger partial charge in [0.05, 0.1) is 5.70 Å². The number of amides is 1. The van der Waals surface area contributed by atoms with Gasteiger partial charge in [0, 0.05) is 22.8 Å². The van der Waals surface area contributed by atoms with Gasteiger partial charge >= 0.3 is 0 Å². The van der Waals surface area contributed by atoms with Crippen molar-refractivity contribution < 1.29 is 4.79 Å². The van der Waals surface area contributed by atoms with Gasteiger partial charge in [-0.05, 0) is 34.5 Å². The first-order chi connectivity index (χ1) is 12.4. The Morgan fingerprint density at radius 3 is 2.81 bits per heavy atom. The minimum absolute atomic E-state index is 0.0722. The van der Waals surface area contributed by atoms with Crippen LogP contribution in [0.2, 0.25) is 0 Å². The van der Waals surface area contributed by atoms with Crippen molar-refractivity contribution in [2.45, 2.75) is 39.7 Å². The molecule has 1 amide bonds. The lowest BCUT2D eigenvalue weighted by Crippen LogP contribution is -2.35. The third kappa shape index (κ3) is 4.57. The summed E-state index contributed by atoms with van der Waals surface area (Å²) in [6, 6.07) is 1.71. The molecule has 0 saturated heterocycles. The number of carbonyl (C=O) groups excluding carboxylic acids is 1.